The minimum Gasteiger partial charge on any atom is -0.494 e. The first-order valence-electron chi connectivity index (χ1n) is 9.82. The molecule has 7 heteroatoms. The lowest BCUT2D eigenvalue weighted by Crippen LogP contribution is -2.55. The summed E-state index contributed by atoms with van der Waals surface area (Å²) < 4.78 is 10.9. The predicted molar refractivity (Wildman–Crippen MR) is 98.5 cm³/mol. The maximum absolute atomic E-state index is 13.1. The molecule has 1 spiro atoms. The van der Waals surface area contributed by atoms with E-state index >= 15 is 0 Å². The standard InChI is InChI=1S/C20H27N3O4/c1-26-16-3-2-9-21-17(16)19(25)22-10-6-20(7-13-27-14-8-20)23(12-11-22)18(24)15-4-5-15/h2-3,9,15H,4-8,10-14H2,1H3. The second-order valence-electron chi connectivity index (χ2n) is 7.70. The lowest BCUT2D eigenvalue weighted by Gasteiger charge is -2.45. The monoisotopic (exact) mass is 373 g/mol. The van der Waals surface area contributed by atoms with Crippen LogP contribution in [0.3, 0.4) is 0 Å². The SMILES string of the molecule is COc1cccnc1C(=O)N1CCN(C(=O)C2CC2)C2(CCOCC2)CC1. The number of nitrogens with zero attached hydrogens (tertiary/aromatic N) is 3. The van der Waals surface area contributed by atoms with Crippen LogP contribution in [0.2, 0.25) is 0 Å². The first kappa shape index (κ1) is 18.2. The lowest BCUT2D eigenvalue weighted by molar-refractivity contribution is -0.143. The van der Waals surface area contributed by atoms with E-state index in [1.54, 1.807) is 25.4 Å². The Hall–Kier alpha value is -2.15. The van der Waals surface area contributed by atoms with Crippen molar-refractivity contribution in [3.8, 4) is 5.75 Å². The van der Waals surface area contributed by atoms with Crippen molar-refractivity contribution in [2.24, 2.45) is 5.92 Å². The summed E-state index contributed by atoms with van der Waals surface area (Å²) in [5, 5.41) is 0. The lowest BCUT2D eigenvalue weighted by atomic mass is 9.84. The topological polar surface area (TPSA) is 72.0 Å². The number of ether oxygens (including phenoxy) is 2. The Morgan fingerprint density at radius 2 is 1.96 bits per heavy atom. The molecule has 146 valence electrons. The molecule has 0 unspecified atom stereocenters. The molecule has 2 amide bonds. The smallest absolute Gasteiger partial charge is 0.276 e. The molecule has 0 aromatic carbocycles. The molecule has 27 heavy (non-hydrogen) atoms. The van der Waals surface area contributed by atoms with Crippen molar-refractivity contribution in [1.82, 2.24) is 14.8 Å². The van der Waals surface area contributed by atoms with Crippen LogP contribution in [0.15, 0.2) is 18.3 Å². The second-order valence-corrected chi connectivity index (χ2v) is 7.70. The first-order chi connectivity index (χ1) is 13.1. The molecule has 0 atom stereocenters. The zero-order chi connectivity index (χ0) is 18.9. The molecule has 1 aliphatic carbocycles. The van der Waals surface area contributed by atoms with Gasteiger partial charge in [-0.25, -0.2) is 4.98 Å². The minimum atomic E-state index is -0.179. The number of aromatic nitrogens is 1. The van der Waals surface area contributed by atoms with E-state index in [9.17, 15) is 9.59 Å². The van der Waals surface area contributed by atoms with Crippen LogP contribution in [0.4, 0.5) is 0 Å². The van der Waals surface area contributed by atoms with Gasteiger partial charge in [0, 0.05) is 50.5 Å². The molecule has 3 fully saturated rings. The van der Waals surface area contributed by atoms with Gasteiger partial charge in [-0.3, -0.25) is 9.59 Å². The largest absolute Gasteiger partial charge is 0.494 e. The normalized spacial score (nSPS) is 22.4. The Morgan fingerprint density at radius 3 is 2.67 bits per heavy atom. The van der Waals surface area contributed by atoms with Crippen LogP contribution < -0.4 is 4.74 Å². The van der Waals surface area contributed by atoms with E-state index < -0.39 is 0 Å². The molecule has 1 aromatic heterocycles. The molecular weight excluding hydrogens is 346 g/mol. The van der Waals surface area contributed by atoms with Crippen molar-refractivity contribution >= 4 is 11.8 Å². The fraction of sp³-hybridized carbons (Fsp3) is 0.650. The van der Waals surface area contributed by atoms with Crippen LogP contribution in [-0.2, 0) is 9.53 Å². The Morgan fingerprint density at radius 1 is 1.19 bits per heavy atom. The van der Waals surface area contributed by atoms with E-state index in [-0.39, 0.29) is 23.3 Å². The number of hydrogen-bond acceptors (Lipinski definition) is 5. The van der Waals surface area contributed by atoms with E-state index in [1.807, 2.05) is 4.90 Å². The fourth-order valence-corrected chi connectivity index (χ4v) is 4.28. The summed E-state index contributed by atoms with van der Waals surface area (Å²) in [7, 11) is 1.54. The van der Waals surface area contributed by atoms with Gasteiger partial charge in [0.05, 0.1) is 7.11 Å². The molecule has 2 aliphatic heterocycles. The van der Waals surface area contributed by atoms with Gasteiger partial charge in [0.2, 0.25) is 5.91 Å². The number of carbonyl (C=O) groups is 2. The van der Waals surface area contributed by atoms with Crippen LogP contribution in [-0.4, -0.2) is 72.1 Å². The summed E-state index contributed by atoms with van der Waals surface area (Å²) in [6, 6.07) is 3.51. The zero-order valence-corrected chi connectivity index (χ0v) is 15.9. The molecule has 3 heterocycles. The second kappa shape index (κ2) is 7.46. The number of amides is 2. The number of rotatable bonds is 3. The van der Waals surface area contributed by atoms with Gasteiger partial charge in [-0.05, 0) is 44.2 Å². The van der Waals surface area contributed by atoms with Crippen molar-refractivity contribution in [3.63, 3.8) is 0 Å². The van der Waals surface area contributed by atoms with Gasteiger partial charge >= 0.3 is 0 Å². The molecule has 3 aliphatic rings. The third-order valence-electron chi connectivity index (χ3n) is 6.11. The van der Waals surface area contributed by atoms with Crippen molar-refractivity contribution in [2.75, 3.05) is 40.0 Å². The molecular formula is C20H27N3O4. The summed E-state index contributed by atoms with van der Waals surface area (Å²) in [4.78, 5) is 34.2. The zero-order valence-electron chi connectivity index (χ0n) is 15.9. The Kier molecular flexibility index (Phi) is 5.04. The van der Waals surface area contributed by atoms with Gasteiger partial charge < -0.3 is 19.3 Å². The van der Waals surface area contributed by atoms with Gasteiger partial charge in [-0.15, -0.1) is 0 Å². The molecule has 0 N–H and O–H groups in total. The highest BCUT2D eigenvalue weighted by molar-refractivity contribution is 5.95. The summed E-state index contributed by atoms with van der Waals surface area (Å²) in [6.07, 6.45) is 6.08. The van der Waals surface area contributed by atoms with Gasteiger partial charge in [-0.2, -0.15) is 0 Å². The van der Waals surface area contributed by atoms with E-state index in [1.165, 1.54) is 0 Å². The highest BCUT2D eigenvalue weighted by atomic mass is 16.5. The maximum Gasteiger partial charge on any atom is 0.276 e. The van der Waals surface area contributed by atoms with Crippen LogP contribution in [0.25, 0.3) is 0 Å². The molecule has 4 rings (SSSR count). The summed E-state index contributed by atoms with van der Waals surface area (Å²) in [5.41, 5.74) is 0.157. The van der Waals surface area contributed by atoms with Crippen LogP contribution >= 0.6 is 0 Å². The van der Waals surface area contributed by atoms with Crippen molar-refractivity contribution in [2.45, 2.75) is 37.6 Å². The summed E-state index contributed by atoms with van der Waals surface area (Å²) in [5.74, 6) is 0.804. The van der Waals surface area contributed by atoms with Gasteiger partial charge in [0.1, 0.15) is 5.75 Å². The molecule has 1 aromatic rings. The third kappa shape index (κ3) is 3.52. The van der Waals surface area contributed by atoms with Crippen LogP contribution in [0.1, 0.15) is 42.6 Å². The average Bonchev–Trinajstić information content (AvgIpc) is 3.56. The van der Waals surface area contributed by atoms with E-state index in [4.69, 9.17) is 9.47 Å². The van der Waals surface area contributed by atoms with Crippen molar-refractivity contribution in [3.05, 3.63) is 24.0 Å². The first-order valence-corrected chi connectivity index (χ1v) is 9.82. The van der Waals surface area contributed by atoms with Crippen LogP contribution in [0.5, 0.6) is 5.75 Å². The maximum atomic E-state index is 13.1. The summed E-state index contributed by atoms with van der Waals surface area (Å²) in [6.45, 7) is 3.08. The number of hydrogen-bond donors (Lipinski definition) is 0. The Bertz CT molecular complexity index is 713. The van der Waals surface area contributed by atoms with Crippen molar-refractivity contribution < 1.29 is 19.1 Å². The molecule has 7 nitrogen and oxygen atoms in total. The Labute approximate surface area is 159 Å². The molecule has 0 radical (unpaired) electrons. The fourth-order valence-electron chi connectivity index (χ4n) is 4.28. The quantitative estimate of drug-likeness (QED) is 0.807. The number of carbonyl (C=O) groups excluding carboxylic acids is 2. The van der Waals surface area contributed by atoms with Gasteiger partial charge in [0.15, 0.2) is 5.69 Å². The highest BCUT2D eigenvalue weighted by Crippen LogP contribution is 2.39. The average molecular weight is 373 g/mol. The van der Waals surface area contributed by atoms with Crippen LogP contribution in [0, 0.1) is 5.92 Å². The van der Waals surface area contributed by atoms with Gasteiger partial charge in [-0.1, -0.05) is 0 Å². The van der Waals surface area contributed by atoms with E-state index in [0.29, 0.717) is 44.3 Å². The third-order valence-corrected chi connectivity index (χ3v) is 6.11. The number of methoxy groups -OCH3 is 1. The van der Waals surface area contributed by atoms with Gasteiger partial charge in [0.25, 0.3) is 5.91 Å². The predicted octanol–water partition coefficient (Wildman–Crippen LogP) is 1.72. The summed E-state index contributed by atoms with van der Waals surface area (Å²) >= 11 is 0. The molecule has 0 bridgehead atoms. The van der Waals surface area contributed by atoms with E-state index in [2.05, 4.69) is 9.88 Å². The minimum absolute atomic E-state index is 0.129. The van der Waals surface area contributed by atoms with Crippen molar-refractivity contribution in [1.29, 1.82) is 0 Å². The number of pyridine rings is 1. The van der Waals surface area contributed by atoms with E-state index in [0.717, 1.165) is 32.1 Å². The molecule has 1 saturated carbocycles. The highest BCUT2D eigenvalue weighted by Gasteiger charge is 2.46. The Balaban J connectivity index is 1.56. The molecule has 2 saturated heterocycles.